The summed E-state index contributed by atoms with van der Waals surface area (Å²) in [7, 11) is 0. The van der Waals surface area contributed by atoms with Crippen molar-refractivity contribution in [3.8, 4) is 0 Å². The molecule has 23 heavy (non-hydrogen) atoms. The van der Waals surface area contributed by atoms with E-state index in [1.807, 2.05) is 0 Å². The van der Waals surface area contributed by atoms with Gasteiger partial charge in [0.2, 0.25) is 0 Å². The normalized spacial score (nSPS) is 32.5. The first kappa shape index (κ1) is 18.4. The molecule has 0 aromatic heterocycles. The third-order valence-electron chi connectivity index (χ3n) is 6.00. The highest BCUT2D eigenvalue weighted by atomic mass is 16.5. The number of ether oxygens (including phenoxy) is 1. The van der Waals surface area contributed by atoms with Gasteiger partial charge in [-0.1, -0.05) is 20.8 Å². The summed E-state index contributed by atoms with van der Waals surface area (Å²) in [5.74, 6) is -0.228. The van der Waals surface area contributed by atoms with Gasteiger partial charge in [-0.05, 0) is 57.8 Å². The molecule has 0 unspecified atom stereocenters. The van der Waals surface area contributed by atoms with E-state index in [0.717, 1.165) is 57.8 Å². The highest BCUT2D eigenvalue weighted by Gasteiger charge is 2.36. The number of hydrogen-bond acceptors (Lipinski definition) is 3. The molecule has 2 aliphatic carbocycles. The zero-order chi connectivity index (χ0) is 17.0. The number of rotatable bonds is 6. The Bertz CT molecular complexity index is 413. The van der Waals surface area contributed by atoms with Gasteiger partial charge in [-0.2, -0.15) is 0 Å². The summed E-state index contributed by atoms with van der Waals surface area (Å²) >= 11 is 0. The molecular weight excluding hydrogens is 292 g/mol. The minimum Gasteiger partial charge on any atom is -0.481 e. The molecular formula is C19H32O4. The fourth-order valence-electron chi connectivity index (χ4n) is 3.91. The molecule has 2 rings (SSSR count). The van der Waals surface area contributed by atoms with Gasteiger partial charge in [0, 0.05) is 11.3 Å². The first-order valence-corrected chi connectivity index (χ1v) is 9.26. The molecule has 0 amide bonds. The lowest BCUT2D eigenvalue weighted by atomic mass is 9.73. The lowest BCUT2D eigenvalue weighted by Crippen LogP contribution is -2.36. The standard InChI is InChI=1S/C19H32O4/c1-4-19(2,3)17(20)13-5-9-15(10-6-13)23-16-11-7-14(8-12-16)18(21)22/h13-16H,4-12H2,1-3H3,(H,21,22). The second kappa shape index (κ2) is 7.78. The van der Waals surface area contributed by atoms with E-state index < -0.39 is 5.97 Å². The van der Waals surface area contributed by atoms with Gasteiger partial charge in [-0.15, -0.1) is 0 Å². The molecule has 2 aliphatic rings. The fourth-order valence-corrected chi connectivity index (χ4v) is 3.91. The van der Waals surface area contributed by atoms with E-state index >= 15 is 0 Å². The Morgan fingerprint density at radius 1 is 0.913 bits per heavy atom. The van der Waals surface area contributed by atoms with Crippen molar-refractivity contribution >= 4 is 11.8 Å². The molecule has 0 radical (unpaired) electrons. The van der Waals surface area contributed by atoms with E-state index in [9.17, 15) is 9.59 Å². The first-order chi connectivity index (χ1) is 10.8. The minimum absolute atomic E-state index is 0.181. The van der Waals surface area contributed by atoms with Gasteiger partial charge in [0.1, 0.15) is 5.78 Å². The van der Waals surface area contributed by atoms with Gasteiger partial charge >= 0.3 is 5.97 Å². The largest absolute Gasteiger partial charge is 0.481 e. The molecule has 0 aromatic carbocycles. The van der Waals surface area contributed by atoms with Crippen LogP contribution in [0.15, 0.2) is 0 Å². The van der Waals surface area contributed by atoms with Crippen molar-refractivity contribution in [1.82, 2.24) is 0 Å². The van der Waals surface area contributed by atoms with Crippen molar-refractivity contribution in [2.75, 3.05) is 0 Å². The van der Waals surface area contributed by atoms with Crippen LogP contribution >= 0.6 is 0 Å². The number of ketones is 1. The smallest absolute Gasteiger partial charge is 0.306 e. The summed E-state index contributed by atoms with van der Waals surface area (Å²) in [6.07, 6.45) is 8.38. The summed E-state index contributed by atoms with van der Waals surface area (Å²) in [6, 6.07) is 0. The Morgan fingerprint density at radius 2 is 1.35 bits per heavy atom. The van der Waals surface area contributed by atoms with E-state index in [4.69, 9.17) is 9.84 Å². The van der Waals surface area contributed by atoms with Crippen LogP contribution in [0, 0.1) is 17.3 Å². The van der Waals surface area contributed by atoms with Crippen molar-refractivity contribution in [2.45, 2.75) is 90.8 Å². The van der Waals surface area contributed by atoms with Crippen LogP contribution in [-0.2, 0) is 14.3 Å². The third kappa shape index (κ3) is 4.79. The lowest BCUT2D eigenvalue weighted by Gasteiger charge is -2.35. The summed E-state index contributed by atoms with van der Waals surface area (Å²) in [4.78, 5) is 23.5. The Labute approximate surface area is 140 Å². The molecule has 4 heteroatoms. The predicted molar refractivity (Wildman–Crippen MR) is 89.3 cm³/mol. The number of carbonyl (C=O) groups is 2. The number of hydrogen-bond donors (Lipinski definition) is 1. The maximum Gasteiger partial charge on any atom is 0.306 e. The minimum atomic E-state index is -0.666. The van der Waals surface area contributed by atoms with Crippen LogP contribution in [0.3, 0.4) is 0 Å². The average molecular weight is 324 g/mol. The van der Waals surface area contributed by atoms with Gasteiger partial charge < -0.3 is 9.84 Å². The average Bonchev–Trinajstić information content (AvgIpc) is 2.55. The maximum atomic E-state index is 12.6. The van der Waals surface area contributed by atoms with Crippen molar-refractivity contribution < 1.29 is 19.4 Å². The van der Waals surface area contributed by atoms with E-state index in [1.165, 1.54) is 0 Å². The van der Waals surface area contributed by atoms with Gasteiger partial charge in [-0.3, -0.25) is 9.59 Å². The molecule has 1 N–H and O–H groups in total. The molecule has 0 spiro atoms. The summed E-state index contributed by atoms with van der Waals surface area (Å²) < 4.78 is 6.20. The molecule has 2 saturated carbocycles. The zero-order valence-corrected chi connectivity index (χ0v) is 14.8. The van der Waals surface area contributed by atoms with Crippen molar-refractivity contribution in [3.63, 3.8) is 0 Å². The van der Waals surface area contributed by atoms with E-state index in [-0.39, 0.29) is 29.5 Å². The summed E-state index contributed by atoms with van der Waals surface area (Å²) in [5.41, 5.74) is -0.201. The van der Waals surface area contributed by atoms with Crippen molar-refractivity contribution in [3.05, 3.63) is 0 Å². The lowest BCUT2D eigenvalue weighted by molar-refractivity contribution is -0.144. The predicted octanol–water partition coefficient (Wildman–Crippen LogP) is 4.21. The second-order valence-electron chi connectivity index (χ2n) is 8.02. The SMILES string of the molecule is CCC(C)(C)C(=O)C1CCC(OC2CCC(C(=O)O)CC2)CC1. The van der Waals surface area contributed by atoms with Crippen LogP contribution in [0.4, 0.5) is 0 Å². The number of carboxylic acids is 1. The highest BCUT2D eigenvalue weighted by Crippen LogP contribution is 2.36. The number of carbonyl (C=O) groups excluding carboxylic acids is 1. The molecule has 0 heterocycles. The molecule has 0 aliphatic heterocycles. The van der Waals surface area contributed by atoms with E-state index in [2.05, 4.69) is 20.8 Å². The van der Waals surface area contributed by atoms with Crippen LogP contribution in [0.1, 0.15) is 78.6 Å². The molecule has 132 valence electrons. The van der Waals surface area contributed by atoms with Crippen LogP contribution in [0.5, 0.6) is 0 Å². The molecule has 0 atom stereocenters. The molecule has 0 bridgehead atoms. The first-order valence-electron chi connectivity index (χ1n) is 9.26. The molecule has 4 nitrogen and oxygen atoms in total. The van der Waals surface area contributed by atoms with Crippen LogP contribution in [-0.4, -0.2) is 29.1 Å². The topological polar surface area (TPSA) is 63.6 Å². The van der Waals surface area contributed by atoms with Gasteiger partial charge in [0.25, 0.3) is 0 Å². The van der Waals surface area contributed by atoms with Crippen molar-refractivity contribution in [1.29, 1.82) is 0 Å². The van der Waals surface area contributed by atoms with E-state index in [0.29, 0.717) is 5.78 Å². The molecule has 0 aromatic rings. The number of aliphatic carboxylic acids is 1. The summed E-state index contributed by atoms with van der Waals surface area (Å²) in [5, 5.41) is 9.04. The van der Waals surface area contributed by atoms with Crippen LogP contribution < -0.4 is 0 Å². The van der Waals surface area contributed by atoms with Gasteiger partial charge in [-0.25, -0.2) is 0 Å². The van der Waals surface area contributed by atoms with Gasteiger partial charge in [0.05, 0.1) is 18.1 Å². The second-order valence-corrected chi connectivity index (χ2v) is 8.02. The Kier molecular flexibility index (Phi) is 6.24. The highest BCUT2D eigenvalue weighted by molar-refractivity contribution is 5.86. The maximum absolute atomic E-state index is 12.6. The van der Waals surface area contributed by atoms with Crippen LogP contribution in [0.2, 0.25) is 0 Å². The number of carboxylic acid groups (broad SMARTS) is 1. The fraction of sp³-hybridized carbons (Fsp3) is 0.895. The zero-order valence-electron chi connectivity index (χ0n) is 14.8. The number of Topliss-reactive ketones (excluding diaryl/α,β-unsaturated/α-hetero) is 1. The van der Waals surface area contributed by atoms with Gasteiger partial charge in [0.15, 0.2) is 0 Å². The summed E-state index contributed by atoms with van der Waals surface area (Å²) in [6.45, 7) is 6.19. The monoisotopic (exact) mass is 324 g/mol. The molecule has 0 saturated heterocycles. The van der Waals surface area contributed by atoms with Crippen LogP contribution in [0.25, 0.3) is 0 Å². The Morgan fingerprint density at radius 3 is 1.74 bits per heavy atom. The van der Waals surface area contributed by atoms with Crippen molar-refractivity contribution in [2.24, 2.45) is 17.3 Å². The van der Waals surface area contributed by atoms with E-state index in [1.54, 1.807) is 0 Å². The Balaban J connectivity index is 1.73. The quantitative estimate of drug-likeness (QED) is 0.795. The molecule has 2 fully saturated rings. The third-order valence-corrected chi connectivity index (χ3v) is 6.00. The Hall–Kier alpha value is -0.900.